The van der Waals surface area contributed by atoms with E-state index in [4.69, 9.17) is 21.7 Å². The van der Waals surface area contributed by atoms with E-state index in [0.29, 0.717) is 17.4 Å². The average molecular weight is 378 g/mol. The van der Waals surface area contributed by atoms with Crippen LogP contribution < -0.4 is 19.7 Å². The number of ether oxygens (including phenoxy) is 2. The fraction of sp³-hybridized carbons (Fsp3) is 0.136. The summed E-state index contributed by atoms with van der Waals surface area (Å²) in [6.45, 7) is 0.662. The Morgan fingerprint density at radius 3 is 2.19 bits per heavy atom. The standard InChI is InChI=1S/C22H22N2O2S/c1-25-19-13-14-20(21(15-19)26-2)23-22(27)24(18-11-7-4-8-12-18)16-17-9-5-3-6-10-17/h3-15H,16H2,1-2H3,(H,23,27). The van der Waals surface area contributed by atoms with Gasteiger partial charge in [0.1, 0.15) is 11.5 Å². The largest absolute Gasteiger partial charge is 0.497 e. The topological polar surface area (TPSA) is 33.7 Å². The van der Waals surface area contributed by atoms with Crippen molar-refractivity contribution < 1.29 is 9.47 Å². The Labute approximate surface area is 165 Å². The summed E-state index contributed by atoms with van der Waals surface area (Å²) < 4.78 is 10.7. The van der Waals surface area contributed by atoms with Gasteiger partial charge in [-0.1, -0.05) is 48.5 Å². The molecule has 0 heterocycles. The van der Waals surface area contributed by atoms with E-state index in [2.05, 4.69) is 22.3 Å². The molecule has 0 aliphatic rings. The Kier molecular flexibility index (Phi) is 6.28. The molecule has 0 saturated carbocycles. The predicted octanol–water partition coefficient (Wildman–Crippen LogP) is 5.11. The Morgan fingerprint density at radius 1 is 0.889 bits per heavy atom. The molecule has 0 fully saturated rings. The molecule has 3 aromatic rings. The maximum Gasteiger partial charge on any atom is 0.178 e. The van der Waals surface area contributed by atoms with Crippen LogP contribution in [0.1, 0.15) is 5.56 Å². The zero-order chi connectivity index (χ0) is 19.1. The smallest absolute Gasteiger partial charge is 0.178 e. The Hall–Kier alpha value is -3.05. The molecule has 27 heavy (non-hydrogen) atoms. The molecular weight excluding hydrogens is 356 g/mol. The van der Waals surface area contributed by atoms with Crippen molar-refractivity contribution in [1.82, 2.24) is 0 Å². The summed E-state index contributed by atoms with van der Waals surface area (Å²) in [5.74, 6) is 1.40. The Balaban J connectivity index is 1.87. The van der Waals surface area contributed by atoms with Crippen molar-refractivity contribution in [2.24, 2.45) is 0 Å². The lowest BCUT2D eigenvalue weighted by molar-refractivity contribution is 0.395. The molecule has 0 saturated heterocycles. The quantitative estimate of drug-likeness (QED) is 0.603. The number of hydrogen-bond donors (Lipinski definition) is 1. The third-order valence-corrected chi connectivity index (χ3v) is 4.47. The van der Waals surface area contributed by atoms with Crippen molar-refractivity contribution in [3.05, 3.63) is 84.4 Å². The summed E-state index contributed by atoms with van der Waals surface area (Å²) in [5.41, 5.74) is 2.98. The second-order valence-electron chi connectivity index (χ2n) is 5.90. The number of rotatable bonds is 6. The first-order valence-corrected chi connectivity index (χ1v) is 9.01. The molecule has 3 aromatic carbocycles. The summed E-state index contributed by atoms with van der Waals surface area (Å²) in [5, 5.41) is 3.90. The van der Waals surface area contributed by atoms with E-state index < -0.39 is 0 Å². The maximum absolute atomic E-state index is 5.74. The first kappa shape index (κ1) is 18.7. The lowest BCUT2D eigenvalue weighted by atomic mass is 10.2. The van der Waals surface area contributed by atoms with E-state index in [-0.39, 0.29) is 0 Å². The highest BCUT2D eigenvalue weighted by atomic mass is 32.1. The zero-order valence-corrected chi connectivity index (χ0v) is 16.2. The van der Waals surface area contributed by atoms with Gasteiger partial charge >= 0.3 is 0 Å². The van der Waals surface area contributed by atoms with Gasteiger partial charge in [-0.15, -0.1) is 0 Å². The summed E-state index contributed by atoms with van der Waals surface area (Å²) in [7, 11) is 3.26. The second-order valence-corrected chi connectivity index (χ2v) is 6.29. The van der Waals surface area contributed by atoms with Gasteiger partial charge in [0.25, 0.3) is 0 Å². The second kappa shape index (κ2) is 9.05. The van der Waals surface area contributed by atoms with Crippen LogP contribution >= 0.6 is 12.2 Å². The SMILES string of the molecule is COc1ccc(NC(=S)N(Cc2ccccc2)c2ccccc2)c(OC)c1. The molecule has 0 spiro atoms. The molecule has 0 amide bonds. The highest BCUT2D eigenvalue weighted by Gasteiger charge is 2.15. The van der Waals surface area contributed by atoms with E-state index in [0.717, 1.165) is 17.1 Å². The molecule has 0 radical (unpaired) electrons. The lowest BCUT2D eigenvalue weighted by Gasteiger charge is -2.26. The van der Waals surface area contributed by atoms with Crippen LogP contribution in [-0.2, 0) is 6.54 Å². The minimum atomic E-state index is 0.591. The van der Waals surface area contributed by atoms with Gasteiger partial charge in [-0.25, -0.2) is 0 Å². The maximum atomic E-state index is 5.74. The number of nitrogens with zero attached hydrogens (tertiary/aromatic N) is 1. The number of methoxy groups -OCH3 is 2. The fourth-order valence-electron chi connectivity index (χ4n) is 2.74. The molecule has 0 bridgehead atoms. The van der Waals surface area contributed by atoms with Gasteiger partial charge in [0.05, 0.1) is 26.5 Å². The van der Waals surface area contributed by atoms with Crippen LogP contribution in [0.15, 0.2) is 78.9 Å². The van der Waals surface area contributed by atoms with Crippen molar-refractivity contribution in [3.63, 3.8) is 0 Å². The highest BCUT2D eigenvalue weighted by molar-refractivity contribution is 7.80. The number of hydrogen-bond acceptors (Lipinski definition) is 3. The molecule has 0 unspecified atom stereocenters. The van der Waals surface area contributed by atoms with Crippen molar-refractivity contribution in [1.29, 1.82) is 0 Å². The Morgan fingerprint density at radius 2 is 1.56 bits per heavy atom. The molecule has 0 aliphatic carbocycles. The molecule has 4 nitrogen and oxygen atoms in total. The van der Waals surface area contributed by atoms with Crippen LogP contribution in [0.5, 0.6) is 11.5 Å². The van der Waals surface area contributed by atoms with Crippen molar-refractivity contribution in [3.8, 4) is 11.5 Å². The minimum absolute atomic E-state index is 0.591. The molecule has 3 rings (SSSR count). The summed E-state index contributed by atoms with van der Waals surface area (Å²) in [6, 6.07) is 25.9. The van der Waals surface area contributed by atoms with E-state index in [1.807, 2.05) is 66.7 Å². The number of thiocarbonyl (C=S) groups is 1. The molecule has 0 aromatic heterocycles. The van der Waals surface area contributed by atoms with E-state index in [1.54, 1.807) is 14.2 Å². The van der Waals surface area contributed by atoms with Crippen LogP contribution in [-0.4, -0.2) is 19.3 Å². The van der Waals surface area contributed by atoms with E-state index >= 15 is 0 Å². The van der Waals surface area contributed by atoms with Gasteiger partial charge in [0.2, 0.25) is 0 Å². The fourth-order valence-corrected chi connectivity index (χ4v) is 3.02. The van der Waals surface area contributed by atoms with Crippen molar-refractivity contribution >= 4 is 28.7 Å². The first-order chi connectivity index (χ1) is 13.2. The van der Waals surface area contributed by atoms with Gasteiger partial charge in [-0.05, 0) is 42.0 Å². The van der Waals surface area contributed by atoms with E-state index in [1.165, 1.54) is 5.56 Å². The van der Waals surface area contributed by atoms with Crippen molar-refractivity contribution in [2.75, 3.05) is 24.4 Å². The third kappa shape index (κ3) is 4.77. The van der Waals surface area contributed by atoms with Gasteiger partial charge in [-0.3, -0.25) is 0 Å². The van der Waals surface area contributed by atoms with Crippen LogP contribution in [0.4, 0.5) is 11.4 Å². The van der Waals surface area contributed by atoms with Crippen LogP contribution in [0.3, 0.4) is 0 Å². The number of anilines is 2. The summed E-state index contributed by atoms with van der Waals surface area (Å²) in [4.78, 5) is 2.06. The average Bonchev–Trinajstić information content (AvgIpc) is 2.73. The van der Waals surface area contributed by atoms with E-state index in [9.17, 15) is 0 Å². The first-order valence-electron chi connectivity index (χ1n) is 8.61. The predicted molar refractivity (Wildman–Crippen MR) is 115 cm³/mol. The lowest BCUT2D eigenvalue weighted by Crippen LogP contribution is -2.34. The van der Waals surface area contributed by atoms with Gasteiger partial charge in [0.15, 0.2) is 5.11 Å². The third-order valence-electron chi connectivity index (χ3n) is 4.15. The summed E-state index contributed by atoms with van der Waals surface area (Å²) >= 11 is 5.74. The molecule has 0 atom stereocenters. The highest BCUT2D eigenvalue weighted by Crippen LogP contribution is 2.30. The number of para-hydroxylation sites is 1. The molecule has 5 heteroatoms. The number of benzene rings is 3. The Bertz CT molecular complexity index is 885. The van der Waals surface area contributed by atoms with Gasteiger partial charge in [-0.2, -0.15) is 0 Å². The zero-order valence-electron chi connectivity index (χ0n) is 15.4. The molecule has 1 N–H and O–H groups in total. The monoisotopic (exact) mass is 378 g/mol. The molecule has 0 aliphatic heterocycles. The van der Waals surface area contributed by atoms with Crippen LogP contribution in [0, 0.1) is 0 Å². The van der Waals surface area contributed by atoms with Gasteiger partial charge < -0.3 is 19.7 Å². The normalized spacial score (nSPS) is 10.1. The summed E-state index contributed by atoms with van der Waals surface area (Å²) in [6.07, 6.45) is 0. The minimum Gasteiger partial charge on any atom is -0.497 e. The molecule has 138 valence electrons. The van der Waals surface area contributed by atoms with Crippen LogP contribution in [0.2, 0.25) is 0 Å². The van der Waals surface area contributed by atoms with Crippen molar-refractivity contribution in [2.45, 2.75) is 6.54 Å². The van der Waals surface area contributed by atoms with Crippen LogP contribution in [0.25, 0.3) is 0 Å². The number of nitrogens with one attached hydrogen (secondary N) is 1. The molecular formula is C22H22N2O2S. The van der Waals surface area contributed by atoms with Gasteiger partial charge in [0, 0.05) is 11.8 Å².